The zero-order valence-electron chi connectivity index (χ0n) is 16.4. The highest BCUT2D eigenvalue weighted by atomic mass is 16.3. The molecule has 0 radical (unpaired) electrons. The van der Waals surface area contributed by atoms with Crippen LogP contribution in [-0.2, 0) is 0 Å². The van der Waals surface area contributed by atoms with Gasteiger partial charge >= 0.3 is 0 Å². The first kappa shape index (κ1) is 19.3. The van der Waals surface area contributed by atoms with Gasteiger partial charge in [-0.1, -0.05) is 18.2 Å². The highest BCUT2D eigenvalue weighted by Gasteiger charge is 2.10. The summed E-state index contributed by atoms with van der Waals surface area (Å²) in [6.07, 6.45) is 6.56. The van der Waals surface area contributed by atoms with Crippen LogP contribution < -0.4 is 15.9 Å². The molecule has 4 rings (SSSR count). The highest BCUT2D eigenvalue weighted by Crippen LogP contribution is 2.21. The molecule has 30 heavy (non-hydrogen) atoms. The van der Waals surface area contributed by atoms with E-state index in [2.05, 4.69) is 42.0 Å². The van der Waals surface area contributed by atoms with Crippen LogP contribution in [0.2, 0.25) is 0 Å². The summed E-state index contributed by atoms with van der Waals surface area (Å²) in [7, 11) is 0. The smallest absolute Gasteiger partial charge is 0.247 e. The summed E-state index contributed by atoms with van der Waals surface area (Å²) >= 11 is 0. The van der Waals surface area contributed by atoms with E-state index < -0.39 is 0 Å². The molecule has 9 nitrogen and oxygen atoms in total. The van der Waals surface area contributed by atoms with Gasteiger partial charge in [0.05, 0.1) is 30.7 Å². The zero-order valence-corrected chi connectivity index (χ0v) is 16.4. The molecule has 0 aliphatic carbocycles. The minimum atomic E-state index is -0.0417. The van der Waals surface area contributed by atoms with Gasteiger partial charge in [0.1, 0.15) is 12.7 Å². The van der Waals surface area contributed by atoms with Crippen LogP contribution in [0.25, 0.3) is 10.9 Å². The molecule has 4 N–H and O–H groups in total. The van der Waals surface area contributed by atoms with E-state index in [1.54, 1.807) is 11.2 Å². The Morgan fingerprint density at radius 1 is 1.17 bits per heavy atom. The Labute approximate surface area is 173 Å². The molecule has 152 valence electrons. The molecule has 2 aromatic carbocycles. The third-order valence-corrected chi connectivity index (χ3v) is 4.55. The number of nitrogens with zero attached hydrogens (tertiary/aromatic N) is 5. The maximum absolute atomic E-state index is 9.35. The fourth-order valence-corrected chi connectivity index (χ4v) is 3.06. The van der Waals surface area contributed by atoms with Crippen molar-refractivity contribution in [1.29, 1.82) is 0 Å². The second-order valence-electron chi connectivity index (χ2n) is 6.61. The fraction of sp³-hybridized carbons (Fsp3) is 0.143. The molecule has 0 bridgehead atoms. The molecule has 0 atom stereocenters. The Hall–Kier alpha value is -3.98. The number of aliphatic hydroxyl groups is 1. The number of rotatable bonds is 8. The number of para-hydroxylation sites is 1. The van der Waals surface area contributed by atoms with Gasteiger partial charge in [0, 0.05) is 22.7 Å². The number of hydrogen-bond acceptors (Lipinski definition) is 8. The summed E-state index contributed by atoms with van der Waals surface area (Å²) in [5, 5.41) is 16.5. The van der Waals surface area contributed by atoms with Crippen LogP contribution in [0.15, 0.2) is 66.4 Å². The normalized spacial score (nSPS) is 11.1. The van der Waals surface area contributed by atoms with Crippen LogP contribution in [0.3, 0.4) is 0 Å². The molecule has 0 spiro atoms. The van der Waals surface area contributed by atoms with Gasteiger partial charge in [0.15, 0.2) is 0 Å². The van der Waals surface area contributed by atoms with Crippen LogP contribution in [0.1, 0.15) is 11.1 Å². The summed E-state index contributed by atoms with van der Waals surface area (Å²) in [6.45, 7) is 2.28. The van der Waals surface area contributed by atoms with Crippen molar-refractivity contribution in [3.63, 3.8) is 0 Å². The number of anilines is 3. The standard InChI is InChI=1S/C21H22N8O/c1-15-10-17(27-26-12-16-11-23-20-5-3-2-4-18(16)20)6-7-19(15)28-29(8-9-30)21-24-13-22-14-25-21/h2-7,10-14,23,27-28,30H,8-9H2,1H3. The quantitative estimate of drug-likeness (QED) is 0.265. The lowest BCUT2D eigenvalue weighted by molar-refractivity contribution is 0.303. The number of hydrazine groups is 1. The Kier molecular flexibility index (Phi) is 5.81. The lowest BCUT2D eigenvalue weighted by Gasteiger charge is -2.24. The number of aromatic nitrogens is 4. The molecule has 9 heteroatoms. The van der Waals surface area contributed by atoms with E-state index in [1.165, 1.54) is 12.7 Å². The molecule has 0 saturated carbocycles. The summed E-state index contributed by atoms with van der Waals surface area (Å²) in [4.78, 5) is 15.3. The first-order valence-electron chi connectivity index (χ1n) is 9.47. The van der Waals surface area contributed by atoms with Gasteiger partial charge in [-0.05, 0) is 36.8 Å². The number of aliphatic hydroxyl groups excluding tert-OH is 1. The van der Waals surface area contributed by atoms with E-state index >= 15 is 0 Å². The Morgan fingerprint density at radius 3 is 2.80 bits per heavy atom. The van der Waals surface area contributed by atoms with Crippen molar-refractivity contribution in [2.75, 3.05) is 29.0 Å². The number of hydrogen-bond donors (Lipinski definition) is 4. The van der Waals surface area contributed by atoms with E-state index in [-0.39, 0.29) is 6.61 Å². The lowest BCUT2D eigenvalue weighted by atomic mass is 10.2. The minimum absolute atomic E-state index is 0.0417. The van der Waals surface area contributed by atoms with E-state index in [4.69, 9.17) is 0 Å². The van der Waals surface area contributed by atoms with Gasteiger partial charge in [0.25, 0.3) is 0 Å². The van der Waals surface area contributed by atoms with Crippen molar-refractivity contribution in [1.82, 2.24) is 19.9 Å². The third kappa shape index (κ3) is 4.36. The van der Waals surface area contributed by atoms with Crippen molar-refractivity contribution < 1.29 is 5.11 Å². The van der Waals surface area contributed by atoms with Gasteiger partial charge in [0.2, 0.25) is 5.95 Å². The van der Waals surface area contributed by atoms with Gasteiger partial charge in [-0.2, -0.15) is 15.1 Å². The van der Waals surface area contributed by atoms with Crippen LogP contribution in [0, 0.1) is 6.92 Å². The van der Waals surface area contributed by atoms with E-state index in [0.717, 1.165) is 33.4 Å². The van der Waals surface area contributed by atoms with Crippen LogP contribution in [0.5, 0.6) is 0 Å². The van der Waals surface area contributed by atoms with E-state index in [9.17, 15) is 5.11 Å². The van der Waals surface area contributed by atoms with Gasteiger partial charge in [-0.3, -0.25) is 15.9 Å². The van der Waals surface area contributed by atoms with Crippen molar-refractivity contribution >= 4 is 34.4 Å². The van der Waals surface area contributed by atoms with Gasteiger partial charge in [-0.15, -0.1) is 0 Å². The number of aromatic amines is 1. The van der Waals surface area contributed by atoms with Crippen molar-refractivity contribution in [2.24, 2.45) is 5.10 Å². The molecule has 0 saturated heterocycles. The average Bonchev–Trinajstić information content (AvgIpc) is 3.19. The monoisotopic (exact) mass is 402 g/mol. The number of benzene rings is 2. The molecule has 0 fully saturated rings. The highest BCUT2D eigenvalue weighted by molar-refractivity contribution is 5.99. The predicted molar refractivity (Wildman–Crippen MR) is 119 cm³/mol. The molecule has 2 heterocycles. The lowest BCUT2D eigenvalue weighted by Crippen LogP contribution is -2.34. The summed E-state index contributed by atoms with van der Waals surface area (Å²) < 4.78 is 0. The molecule has 0 unspecified atom stereocenters. The summed E-state index contributed by atoms with van der Waals surface area (Å²) in [6, 6.07) is 13.9. The Bertz CT molecular complexity index is 1140. The number of nitrogens with one attached hydrogen (secondary N) is 3. The SMILES string of the molecule is Cc1cc(NN=Cc2c[nH]c3ccccc23)ccc1NN(CCO)c1ncncn1. The maximum atomic E-state index is 9.35. The number of aryl methyl sites for hydroxylation is 1. The second kappa shape index (κ2) is 9.01. The molecule has 0 aliphatic heterocycles. The molecule has 2 aromatic heterocycles. The fourth-order valence-electron chi connectivity index (χ4n) is 3.06. The second-order valence-corrected chi connectivity index (χ2v) is 6.61. The molecule has 0 aliphatic rings. The molecule has 4 aromatic rings. The first-order chi connectivity index (χ1) is 14.7. The topological polar surface area (TPSA) is 114 Å². The summed E-state index contributed by atoms with van der Waals surface area (Å²) in [5.41, 5.74) is 11.1. The number of fused-ring (bicyclic) bond motifs is 1. The maximum Gasteiger partial charge on any atom is 0.247 e. The van der Waals surface area contributed by atoms with E-state index in [0.29, 0.717) is 12.5 Å². The minimum Gasteiger partial charge on any atom is -0.394 e. The van der Waals surface area contributed by atoms with Crippen molar-refractivity contribution in [3.8, 4) is 0 Å². The molecule has 0 amide bonds. The van der Waals surface area contributed by atoms with Crippen molar-refractivity contribution in [2.45, 2.75) is 6.92 Å². The van der Waals surface area contributed by atoms with Crippen LogP contribution >= 0.6 is 0 Å². The Morgan fingerprint density at radius 2 is 2.00 bits per heavy atom. The third-order valence-electron chi connectivity index (χ3n) is 4.55. The number of H-pyrrole nitrogens is 1. The molecular formula is C21H22N8O. The van der Waals surface area contributed by atoms with Crippen LogP contribution in [0.4, 0.5) is 17.3 Å². The largest absolute Gasteiger partial charge is 0.394 e. The summed E-state index contributed by atoms with van der Waals surface area (Å²) in [5.74, 6) is 0.434. The van der Waals surface area contributed by atoms with Crippen LogP contribution in [-0.4, -0.2) is 44.4 Å². The van der Waals surface area contributed by atoms with Gasteiger partial charge < -0.3 is 10.1 Å². The number of hydrazone groups is 1. The predicted octanol–water partition coefficient (Wildman–Crippen LogP) is 2.93. The van der Waals surface area contributed by atoms with E-state index in [1.807, 2.05) is 49.5 Å². The molecular weight excluding hydrogens is 380 g/mol. The van der Waals surface area contributed by atoms with Crippen molar-refractivity contribution in [3.05, 3.63) is 72.4 Å². The first-order valence-corrected chi connectivity index (χ1v) is 9.47. The van der Waals surface area contributed by atoms with Gasteiger partial charge in [-0.25, -0.2) is 4.98 Å². The zero-order chi connectivity index (χ0) is 20.8. The average molecular weight is 402 g/mol. The Balaban J connectivity index is 1.45.